The highest BCUT2D eigenvalue weighted by Crippen LogP contribution is 2.37. The van der Waals surface area contributed by atoms with Crippen molar-refractivity contribution in [2.45, 2.75) is 26.4 Å². The molecule has 1 amide bonds. The van der Waals surface area contributed by atoms with Gasteiger partial charge in [0.1, 0.15) is 5.58 Å². The second kappa shape index (κ2) is 10.0. The fourth-order valence-corrected chi connectivity index (χ4v) is 4.55. The second-order valence-corrected chi connectivity index (χ2v) is 8.97. The zero-order chi connectivity index (χ0) is 21.8. The van der Waals surface area contributed by atoms with Gasteiger partial charge in [0, 0.05) is 9.86 Å². The Hall–Kier alpha value is -1.78. The van der Waals surface area contributed by atoms with Gasteiger partial charge in [0.15, 0.2) is 17.3 Å². The molecule has 1 atom stereocenters. The van der Waals surface area contributed by atoms with Crippen LogP contribution in [0.3, 0.4) is 0 Å². The molecule has 1 heterocycles. The number of benzene rings is 2. The number of rotatable bonds is 7. The van der Waals surface area contributed by atoms with Crippen molar-refractivity contribution in [1.29, 1.82) is 0 Å². The van der Waals surface area contributed by atoms with Crippen LogP contribution in [0, 0.1) is 3.57 Å². The number of amides is 1. The number of hydrazone groups is 1. The van der Waals surface area contributed by atoms with Gasteiger partial charge in [0.05, 0.1) is 28.0 Å². The Balaban J connectivity index is 1.75. The minimum absolute atomic E-state index is 0.00250. The topological polar surface area (TPSA) is 73.1 Å². The van der Waals surface area contributed by atoms with Gasteiger partial charge in [-0.25, -0.2) is 5.43 Å². The van der Waals surface area contributed by atoms with Gasteiger partial charge in [-0.05, 0) is 71.8 Å². The van der Waals surface area contributed by atoms with Crippen LogP contribution in [-0.2, 0) is 0 Å². The summed E-state index contributed by atoms with van der Waals surface area (Å²) < 4.78 is 18.7. The molecule has 3 aromatic rings. The zero-order valence-corrected chi connectivity index (χ0v) is 21.0. The molecule has 0 unspecified atom stereocenters. The van der Waals surface area contributed by atoms with E-state index in [4.69, 9.17) is 25.5 Å². The predicted octanol–water partition coefficient (Wildman–Crippen LogP) is 6.40. The smallest absolute Gasteiger partial charge is 0.307 e. The number of methoxy groups -OCH3 is 1. The summed E-state index contributed by atoms with van der Waals surface area (Å²) in [5.41, 5.74) is 3.77. The SMILES string of the molecule is CC[C@@H](C)Oc1c(Cl)cc(/C=N\NC(=O)c2cc3cc(Br)cc(I)c3o2)cc1OC. The summed E-state index contributed by atoms with van der Waals surface area (Å²) in [6.07, 6.45) is 2.32. The summed E-state index contributed by atoms with van der Waals surface area (Å²) >= 11 is 11.9. The number of nitrogens with one attached hydrogen (secondary N) is 1. The van der Waals surface area contributed by atoms with E-state index in [1.807, 2.05) is 26.0 Å². The maximum absolute atomic E-state index is 12.4. The standard InChI is InChI=1S/C21H19BrClIN2O4/c1-4-11(2)29-20-15(23)5-12(6-17(20)28-3)10-25-26-21(27)18-8-13-7-14(22)9-16(24)19(13)30-18/h5-11H,4H2,1-3H3,(H,26,27)/b25-10-/t11-/m1/s1. The highest BCUT2D eigenvalue weighted by molar-refractivity contribution is 14.1. The van der Waals surface area contributed by atoms with Gasteiger partial charge in [-0.1, -0.05) is 34.5 Å². The molecule has 9 heteroatoms. The second-order valence-electron chi connectivity index (χ2n) is 6.49. The molecule has 0 fully saturated rings. The molecule has 158 valence electrons. The van der Waals surface area contributed by atoms with Gasteiger partial charge in [0.25, 0.3) is 0 Å². The van der Waals surface area contributed by atoms with Crippen LogP contribution in [0.25, 0.3) is 11.0 Å². The highest BCUT2D eigenvalue weighted by Gasteiger charge is 2.15. The molecule has 1 aromatic heterocycles. The quantitative estimate of drug-likeness (QED) is 0.192. The average Bonchev–Trinajstić information content (AvgIpc) is 3.14. The number of carbonyl (C=O) groups is 1. The summed E-state index contributed by atoms with van der Waals surface area (Å²) in [4.78, 5) is 12.4. The van der Waals surface area contributed by atoms with Gasteiger partial charge in [0.2, 0.25) is 0 Å². The zero-order valence-electron chi connectivity index (χ0n) is 16.5. The number of halogens is 3. The molecule has 0 spiro atoms. The van der Waals surface area contributed by atoms with Gasteiger partial charge < -0.3 is 13.9 Å². The van der Waals surface area contributed by atoms with Crippen molar-refractivity contribution in [3.05, 3.63) is 54.7 Å². The lowest BCUT2D eigenvalue weighted by Crippen LogP contribution is -2.16. The average molecular weight is 606 g/mol. The van der Waals surface area contributed by atoms with E-state index in [1.54, 1.807) is 25.3 Å². The lowest BCUT2D eigenvalue weighted by molar-refractivity contribution is 0.0929. The van der Waals surface area contributed by atoms with Crippen LogP contribution >= 0.6 is 50.1 Å². The first-order chi connectivity index (χ1) is 14.3. The Bertz CT molecular complexity index is 1120. The number of furan rings is 1. The van der Waals surface area contributed by atoms with Gasteiger partial charge >= 0.3 is 5.91 Å². The molecule has 3 rings (SSSR count). The van der Waals surface area contributed by atoms with Crippen LogP contribution in [-0.4, -0.2) is 25.3 Å². The summed E-state index contributed by atoms with van der Waals surface area (Å²) in [5, 5.41) is 5.23. The van der Waals surface area contributed by atoms with E-state index in [2.05, 4.69) is 49.0 Å². The van der Waals surface area contributed by atoms with E-state index in [1.165, 1.54) is 6.21 Å². The number of ether oxygens (including phenoxy) is 2. The van der Waals surface area contributed by atoms with E-state index < -0.39 is 5.91 Å². The van der Waals surface area contributed by atoms with Crippen molar-refractivity contribution < 1.29 is 18.7 Å². The Morgan fingerprint density at radius 3 is 2.83 bits per heavy atom. The number of fused-ring (bicyclic) bond motifs is 1. The minimum Gasteiger partial charge on any atom is -0.493 e. The largest absolute Gasteiger partial charge is 0.493 e. The molecule has 2 aromatic carbocycles. The molecule has 0 aliphatic rings. The van der Waals surface area contributed by atoms with E-state index in [0.29, 0.717) is 27.7 Å². The third-order valence-electron chi connectivity index (χ3n) is 4.28. The monoisotopic (exact) mass is 604 g/mol. The number of nitrogens with zero attached hydrogens (tertiary/aromatic N) is 1. The molecule has 6 nitrogen and oxygen atoms in total. The Kier molecular flexibility index (Phi) is 7.65. The van der Waals surface area contributed by atoms with Crippen molar-refractivity contribution in [3.63, 3.8) is 0 Å². The van der Waals surface area contributed by atoms with E-state index in [-0.39, 0.29) is 11.9 Å². The lowest BCUT2D eigenvalue weighted by atomic mass is 10.2. The minimum atomic E-state index is -0.454. The number of hydrogen-bond donors (Lipinski definition) is 1. The third-order valence-corrected chi connectivity index (χ3v) is 5.82. The summed E-state index contributed by atoms with van der Waals surface area (Å²) in [5.74, 6) is 0.695. The molecule has 0 aliphatic carbocycles. The first-order valence-corrected chi connectivity index (χ1v) is 11.3. The van der Waals surface area contributed by atoms with Crippen LogP contribution in [0.1, 0.15) is 36.4 Å². The van der Waals surface area contributed by atoms with Crippen molar-refractivity contribution >= 4 is 73.2 Å². The van der Waals surface area contributed by atoms with Crippen LogP contribution in [0.5, 0.6) is 11.5 Å². The highest BCUT2D eigenvalue weighted by atomic mass is 127. The maximum atomic E-state index is 12.4. The first kappa shape index (κ1) is 22.9. The molecule has 0 radical (unpaired) electrons. The van der Waals surface area contributed by atoms with Crippen molar-refractivity contribution in [2.24, 2.45) is 5.10 Å². The third kappa shape index (κ3) is 5.28. The molecular weight excluding hydrogens is 587 g/mol. The lowest BCUT2D eigenvalue weighted by Gasteiger charge is -2.17. The summed E-state index contributed by atoms with van der Waals surface area (Å²) in [6.45, 7) is 3.98. The molecule has 0 bridgehead atoms. The maximum Gasteiger partial charge on any atom is 0.307 e. The van der Waals surface area contributed by atoms with Crippen LogP contribution in [0.4, 0.5) is 0 Å². The number of carbonyl (C=O) groups excluding carboxylic acids is 1. The van der Waals surface area contributed by atoms with Crippen LogP contribution < -0.4 is 14.9 Å². The van der Waals surface area contributed by atoms with E-state index in [0.717, 1.165) is 19.8 Å². The van der Waals surface area contributed by atoms with Gasteiger partial charge in [-0.15, -0.1) is 0 Å². The molecule has 1 N–H and O–H groups in total. The fraction of sp³-hybridized carbons (Fsp3) is 0.238. The van der Waals surface area contributed by atoms with Gasteiger partial charge in [-0.3, -0.25) is 4.79 Å². The van der Waals surface area contributed by atoms with Crippen LogP contribution in [0.15, 0.2) is 44.3 Å². The predicted molar refractivity (Wildman–Crippen MR) is 130 cm³/mol. The van der Waals surface area contributed by atoms with Crippen molar-refractivity contribution in [3.8, 4) is 11.5 Å². The molecular formula is C21H19BrClIN2O4. The summed E-state index contributed by atoms with van der Waals surface area (Å²) in [7, 11) is 1.54. The van der Waals surface area contributed by atoms with E-state index in [9.17, 15) is 4.79 Å². The Morgan fingerprint density at radius 2 is 2.13 bits per heavy atom. The molecule has 30 heavy (non-hydrogen) atoms. The van der Waals surface area contributed by atoms with Crippen molar-refractivity contribution in [2.75, 3.05) is 7.11 Å². The Labute approximate surface area is 201 Å². The Morgan fingerprint density at radius 1 is 1.37 bits per heavy atom. The molecule has 0 aliphatic heterocycles. The normalized spacial score (nSPS) is 12.3. The van der Waals surface area contributed by atoms with Crippen LogP contribution in [0.2, 0.25) is 5.02 Å². The number of hydrogen-bond acceptors (Lipinski definition) is 5. The summed E-state index contributed by atoms with van der Waals surface area (Å²) in [6, 6.07) is 8.91. The van der Waals surface area contributed by atoms with Crippen molar-refractivity contribution in [1.82, 2.24) is 5.43 Å². The first-order valence-electron chi connectivity index (χ1n) is 9.08. The molecule has 0 saturated carbocycles. The molecule has 0 saturated heterocycles. The van der Waals surface area contributed by atoms with E-state index >= 15 is 0 Å². The van der Waals surface area contributed by atoms with Gasteiger partial charge in [-0.2, -0.15) is 5.10 Å². The fourth-order valence-electron chi connectivity index (χ4n) is 2.62.